The van der Waals surface area contributed by atoms with Gasteiger partial charge in [-0.2, -0.15) is 26.3 Å². The van der Waals surface area contributed by atoms with E-state index in [0.717, 1.165) is 0 Å². The van der Waals surface area contributed by atoms with E-state index in [1.807, 2.05) is 0 Å². The van der Waals surface area contributed by atoms with Gasteiger partial charge in [0.2, 0.25) is 0 Å². The molecule has 0 aromatic carbocycles. The Labute approximate surface area is 102 Å². The van der Waals surface area contributed by atoms with Gasteiger partial charge in [-0.1, -0.05) is 26.7 Å². The van der Waals surface area contributed by atoms with Crippen molar-refractivity contribution in [3.8, 4) is 0 Å². The summed E-state index contributed by atoms with van der Waals surface area (Å²) in [6, 6.07) is 0. The van der Waals surface area contributed by atoms with Gasteiger partial charge in [-0.25, -0.2) is 0 Å². The molecule has 1 nitrogen and oxygen atoms in total. The average molecular weight is 278 g/mol. The fourth-order valence-corrected chi connectivity index (χ4v) is 1.75. The largest absolute Gasteiger partial charge is 0.398 e. The summed E-state index contributed by atoms with van der Waals surface area (Å²) in [5, 5.41) is 0. The lowest BCUT2D eigenvalue weighted by atomic mass is 9.86. The minimum absolute atomic E-state index is 0.00657. The van der Waals surface area contributed by atoms with Crippen molar-refractivity contribution in [1.29, 1.82) is 0 Å². The number of Topliss-reactive ketones (excluding diaryl/α,β-unsaturated/α-hetero) is 1. The molecular weight excluding hydrogens is 262 g/mol. The normalized spacial score (nSPS) is 16.4. The minimum Gasteiger partial charge on any atom is -0.298 e. The van der Waals surface area contributed by atoms with Gasteiger partial charge < -0.3 is 0 Å². The molecule has 18 heavy (non-hydrogen) atoms. The smallest absolute Gasteiger partial charge is 0.298 e. The lowest BCUT2D eigenvalue weighted by Crippen LogP contribution is -2.40. The molecule has 0 radical (unpaired) electrons. The molecule has 2 atom stereocenters. The fraction of sp³-hybridized carbons (Fsp3) is 0.909. The second-order valence-electron chi connectivity index (χ2n) is 4.17. The maximum Gasteiger partial charge on any atom is 0.398 e. The van der Waals surface area contributed by atoms with Crippen LogP contribution < -0.4 is 0 Å². The van der Waals surface area contributed by atoms with Crippen molar-refractivity contribution in [3.05, 3.63) is 0 Å². The first-order valence-corrected chi connectivity index (χ1v) is 5.72. The van der Waals surface area contributed by atoms with E-state index < -0.39 is 42.8 Å². The Morgan fingerprint density at radius 3 is 1.28 bits per heavy atom. The number of carbonyl (C=O) groups excluding carboxylic acids is 1. The number of carbonyl (C=O) groups is 1. The number of halogens is 6. The van der Waals surface area contributed by atoms with Crippen molar-refractivity contribution >= 4 is 5.78 Å². The zero-order chi connectivity index (χ0) is 14.6. The maximum absolute atomic E-state index is 12.6. The van der Waals surface area contributed by atoms with Crippen LogP contribution in [0.25, 0.3) is 0 Å². The molecule has 0 fully saturated rings. The third-order valence-electron chi connectivity index (χ3n) is 2.63. The molecule has 2 unspecified atom stereocenters. The van der Waals surface area contributed by atoms with Crippen LogP contribution in [0.15, 0.2) is 0 Å². The molecule has 0 saturated heterocycles. The molecule has 0 aromatic rings. The molecule has 0 saturated carbocycles. The maximum atomic E-state index is 12.6. The Morgan fingerprint density at radius 1 is 0.833 bits per heavy atom. The SMILES string of the molecule is CCCC(C(=O)C(CCC)C(F)(F)F)C(F)(F)F. The standard InChI is InChI=1S/C11H16F6O/c1-3-5-7(10(12,13)14)9(18)8(6-4-2)11(15,16)17/h7-8H,3-6H2,1-2H3. The molecule has 0 N–H and O–H groups in total. The molecule has 7 heteroatoms. The van der Waals surface area contributed by atoms with E-state index in [-0.39, 0.29) is 12.8 Å². The number of ketones is 1. The third-order valence-corrected chi connectivity index (χ3v) is 2.63. The third kappa shape index (κ3) is 4.86. The Morgan fingerprint density at radius 2 is 1.11 bits per heavy atom. The molecule has 0 spiro atoms. The molecule has 0 aliphatic heterocycles. The molecule has 0 rings (SSSR count). The van der Waals surface area contributed by atoms with Crippen LogP contribution in [0, 0.1) is 11.8 Å². The van der Waals surface area contributed by atoms with Gasteiger partial charge in [-0.3, -0.25) is 4.79 Å². The van der Waals surface area contributed by atoms with Crippen LogP contribution in [0.4, 0.5) is 26.3 Å². The Balaban J connectivity index is 5.14. The van der Waals surface area contributed by atoms with Gasteiger partial charge in [0.1, 0.15) is 11.8 Å². The number of hydrogen-bond donors (Lipinski definition) is 0. The van der Waals surface area contributed by atoms with Gasteiger partial charge in [0.05, 0.1) is 0 Å². The van der Waals surface area contributed by atoms with E-state index in [9.17, 15) is 31.1 Å². The van der Waals surface area contributed by atoms with Gasteiger partial charge >= 0.3 is 12.4 Å². The van der Waals surface area contributed by atoms with Crippen LogP contribution in [-0.4, -0.2) is 18.1 Å². The van der Waals surface area contributed by atoms with Crippen LogP contribution in [0.2, 0.25) is 0 Å². The van der Waals surface area contributed by atoms with Crippen LogP contribution in [0.3, 0.4) is 0 Å². The minimum atomic E-state index is -4.91. The van der Waals surface area contributed by atoms with Gasteiger partial charge in [-0.05, 0) is 12.8 Å². The number of rotatable bonds is 6. The molecule has 0 aromatic heterocycles. The zero-order valence-corrected chi connectivity index (χ0v) is 10.2. The highest BCUT2D eigenvalue weighted by molar-refractivity contribution is 5.84. The van der Waals surface area contributed by atoms with Crippen molar-refractivity contribution < 1.29 is 31.1 Å². The second-order valence-corrected chi connectivity index (χ2v) is 4.17. The van der Waals surface area contributed by atoms with E-state index >= 15 is 0 Å². The lowest BCUT2D eigenvalue weighted by molar-refractivity contribution is -0.207. The Kier molecular flexibility index (Phi) is 6.16. The van der Waals surface area contributed by atoms with E-state index in [4.69, 9.17) is 0 Å². The quantitative estimate of drug-likeness (QED) is 0.653. The van der Waals surface area contributed by atoms with E-state index in [0.29, 0.717) is 0 Å². The average Bonchev–Trinajstić information content (AvgIpc) is 2.18. The van der Waals surface area contributed by atoms with Crippen molar-refractivity contribution in [2.45, 2.75) is 51.9 Å². The predicted octanol–water partition coefficient (Wildman–Crippen LogP) is 4.51. The van der Waals surface area contributed by atoms with E-state index in [1.165, 1.54) is 13.8 Å². The number of hydrogen-bond acceptors (Lipinski definition) is 1. The van der Waals surface area contributed by atoms with Gasteiger partial charge in [0.25, 0.3) is 0 Å². The fourth-order valence-electron chi connectivity index (χ4n) is 1.75. The highest BCUT2D eigenvalue weighted by atomic mass is 19.4. The summed E-state index contributed by atoms with van der Waals surface area (Å²) in [7, 11) is 0. The van der Waals surface area contributed by atoms with Crippen LogP contribution in [0.1, 0.15) is 39.5 Å². The molecule has 0 heterocycles. The molecule has 0 aliphatic rings. The number of alkyl halides is 6. The summed E-state index contributed by atoms with van der Waals surface area (Å²) in [6.07, 6.45) is -11.0. The first kappa shape index (κ1) is 17.2. The first-order chi connectivity index (χ1) is 8.05. The van der Waals surface area contributed by atoms with E-state index in [2.05, 4.69) is 0 Å². The summed E-state index contributed by atoms with van der Waals surface area (Å²) in [6.45, 7) is 2.79. The zero-order valence-electron chi connectivity index (χ0n) is 10.2. The topological polar surface area (TPSA) is 17.1 Å². The van der Waals surface area contributed by atoms with Crippen molar-refractivity contribution in [2.75, 3.05) is 0 Å². The highest BCUT2D eigenvalue weighted by Crippen LogP contribution is 2.38. The Hall–Kier alpha value is -0.750. The summed E-state index contributed by atoms with van der Waals surface area (Å²) in [5.41, 5.74) is 0. The summed E-state index contributed by atoms with van der Waals surface area (Å²) in [4.78, 5) is 11.5. The monoisotopic (exact) mass is 278 g/mol. The summed E-state index contributed by atoms with van der Waals surface area (Å²) < 4.78 is 75.3. The van der Waals surface area contributed by atoms with Crippen molar-refractivity contribution in [3.63, 3.8) is 0 Å². The van der Waals surface area contributed by atoms with E-state index in [1.54, 1.807) is 0 Å². The van der Waals surface area contributed by atoms with Crippen molar-refractivity contribution in [2.24, 2.45) is 11.8 Å². The van der Waals surface area contributed by atoms with Gasteiger partial charge in [-0.15, -0.1) is 0 Å². The van der Waals surface area contributed by atoms with Crippen LogP contribution in [-0.2, 0) is 4.79 Å². The lowest BCUT2D eigenvalue weighted by Gasteiger charge is -2.25. The van der Waals surface area contributed by atoms with Gasteiger partial charge in [0.15, 0.2) is 5.78 Å². The molecule has 0 bridgehead atoms. The predicted molar refractivity (Wildman–Crippen MR) is 53.9 cm³/mol. The van der Waals surface area contributed by atoms with Gasteiger partial charge in [0, 0.05) is 0 Å². The van der Waals surface area contributed by atoms with Crippen LogP contribution >= 0.6 is 0 Å². The molecule has 0 amide bonds. The van der Waals surface area contributed by atoms with Crippen molar-refractivity contribution in [1.82, 2.24) is 0 Å². The summed E-state index contributed by atoms with van der Waals surface area (Å²) in [5.74, 6) is -6.78. The van der Waals surface area contributed by atoms with Crippen LogP contribution in [0.5, 0.6) is 0 Å². The molecule has 108 valence electrons. The summed E-state index contributed by atoms with van der Waals surface area (Å²) >= 11 is 0. The molecular formula is C11H16F6O. The Bertz CT molecular complexity index is 242. The first-order valence-electron chi connectivity index (χ1n) is 5.72. The molecule has 0 aliphatic carbocycles. The highest BCUT2D eigenvalue weighted by Gasteiger charge is 2.52. The second kappa shape index (κ2) is 6.43.